The zero-order chi connectivity index (χ0) is 27.4. The Morgan fingerprint density at radius 1 is 0.872 bits per heavy atom. The van der Waals surface area contributed by atoms with Crippen LogP contribution in [0.2, 0.25) is 0 Å². The van der Waals surface area contributed by atoms with Gasteiger partial charge in [-0.1, -0.05) is 30.3 Å². The van der Waals surface area contributed by atoms with Crippen LogP contribution in [-0.2, 0) is 14.3 Å². The normalized spacial score (nSPS) is 21.1. The number of rotatable bonds is 7. The van der Waals surface area contributed by atoms with Crippen LogP contribution in [0.4, 0.5) is 0 Å². The number of benzene rings is 3. The third-order valence-electron chi connectivity index (χ3n) is 7.07. The van der Waals surface area contributed by atoms with E-state index in [0.717, 1.165) is 4.90 Å². The summed E-state index contributed by atoms with van der Waals surface area (Å²) >= 11 is 1.32. The van der Waals surface area contributed by atoms with Gasteiger partial charge in [-0.3, -0.25) is 19.3 Å². The Kier molecular flexibility index (Phi) is 7.90. The molecule has 8 nitrogen and oxygen atoms in total. The standard InChI is InChI=1S/C30H30N2O6S/c1-36-23-10-8-21(9-11-23)27-30(29(35)31-16-18-38-19-17-31,39-25-14-12-24(37-2)13-15-25)20-26(33)32(27)28(34)22-6-4-3-5-7-22/h3-15,27H,16-20H2,1-2H3/t27-,30-/m1/s1. The fourth-order valence-corrected chi connectivity index (χ4v) is 6.59. The van der Waals surface area contributed by atoms with E-state index in [9.17, 15) is 14.4 Å². The second-order valence-electron chi connectivity index (χ2n) is 9.36. The van der Waals surface area contributed by atoms with Crippen LogP contribution in [-0.4, -0.2) is 72.8 Å². The molecule has 9 heteroatoms. The van der Waals surface area contributed by atoms with Crippen molar-refractivity contribution in [2.75, 3.05) is 40.5 Å². The molecule has 2 heterocycles. The predicted molar refractivity (Wildman–Crippen MR) is 147 cm³/mol. The zero-order valence-corrected chi connectivity index (χ0v) is 22.7. The zero-order valence-electron chi connectivity index (χ0n) is 21.9. The van der Waals surface area contributed by atoms with Crippen LogP contribution >= 0.6 is 11.8 Å². The summed E-state index contributed by atoms with van der Waals surface area (Å²) in [5.74, 6) is 0.296. The molecule has 2 aliphatic rings. The monoisotopic (exact) mass is 546 g/mol. The van der Waals surface area contributed by atoms with E-state index in [1.807, 2.05) is 42.5 Å². The molecule has 2 atom stereocenters. The number of likely N-dealkylation sites (tertiary alicyclic amines) is 1. The molecule has 5 rings (SSSR count). The van der Waals surface area contributed by atoms with E-state index in [1.165, 1.54) is 16.7 Å². The van der Waals surface area contributed by atoms with Gasteiger partial charge in [0.05, 0.1) is 39.9 Å². The van der Waals surface area contributed by atoms with Gasteiger partial charge < -0.3 is 19.1 Å². The first kappa shape index (κ1) is 26.8. The average Bonchev–Trinajstić information content (AvgIpc) is 3.29. The van der Waals surface area contributed by atoms with Crippen LogP contribution in [0.15, 0.2) is 83.8 Å². The number of ether oxygens (including phenoxy) is 3. The molecule has 2 fully saturated rings. The molecule has 0 aromatic heterocycles. The summed E-state index contributed by atoms with van der Waals surface area (Å²) in [6.07, 6.45) is -0.130. The third-order valence-corrected chi connectivity index (χ3v) is 8.49. The number of hydrogen-bond donors (Lipinski definition) is 0. The molecule has 0 unspecified atom stereocenters. The van der Waals surface area contributed by atoms with Gasteiger partial charge in [-0.25, -0.2) is 0 Å². The van der Waals surface area contributed by atoms with Gasteiger partial charge in [-0.05, 0) is 54.1 Å². The molecule has 0 aliphatic carbocycles. The number of carbonyl (C=O) groups is 3. The van der Waals surface area contributed by atoms with Crippen LogP contribution in [0.25, 0.3) is 0 Å². The third kappa shape index (κ3) is 5.24. The first-order valence-electron chi connectivity index (χ1n) is 12.7. The fourth-order valence-electron chi connectivity index (χ4n) is 5.13. The molecule has 39 heavy (non-hydrogen) atoms. The predicted octanol–water partition coefficient (Wildman–Crippen LogP) is 4.21. The highest BCUT2D eigenvalue weighted by atomic mass is 32.2. The first-order chi connectivity index (χ1) is 19.0. The highest BCUT2D eigenvalue weighted by Gasteiger charge is 2.61. The van der Waals surface area contributed by atoms with E-state index in [0.29, 0.717) is 48.9 Å². The second-order valence-corrected chi connectivity index (χ2v) is 10.8. The summed E-state index contributed by atoms with van der Waals surface area (Å²) in [7, 11) is 3.17. The van der Waals surface area contributed by atoms with Crippen LogP contribution in [0, 0.1) is 0 Å². The van der Waals surface area contributed by atoms with E-state index >= 15 is 0 Å². The van der Waals surface area contributed by atoms with Gasteiger partial charge in [0.25, 0.3) is 5.91 Å². The molecule has 2 saturated heterocycles. The molecule has 0 N–H and O–H groups in total. The molecule has 3 aromatic carbocycles. The number of nitrogens with zero attached hydrogens (tertiary/aromatic N) is 2. The Balaban J connectivity index is 1.66. The van der Waals surface area contributed by atoms with Crippen molar-refractivity contribution in [1.82, 2.24) is 9.80 Å². The van der Waals surface area contributed by atoms with Gasteiger partial charge in [0.1, 0.15) is 16.2 Å². The van der Waals surface area contributed by atoms with Crippen molar-refractivity contribution >= 4 is 29.5 Å². The van der Waals surface area contributed by atoms with E-state index in [2.05, 4.69) is 0 Å². The molecule has 202 valence electrons. The molecule has 0 bridgehead atoms. The lowest BCUT2D eigenvalue weighted by Gasteiger charge is -2.40. The number of amides is 3. The van der Waals surface area contributed by atoms with E-state index in [4.69, 9.17) is 14.2 Å². The number of methoxy groups -OCH3 is 2. The van der Waals surface area contributed by atoms with Crippen molar-refractivity contribution in [1.29, 1.82) is 0 Å². The van der Waals surface area contributed by atoms with Gasteiger partial charge >= 0.3 is 0 Å². The maximum atomic E-state index is 14.5. The molecular formula is C30H30N2O6S. The van der Waals surface area contributed by atoms with Crippen molar-refractivity contribution in [3.8, 4) is 11.5 Å². The Morgan fingerprint density at radius 3 is 2.05 bits per heavy atom. The summed E-state index contributed by atoms with van der Waals surface area (Å²) in [6, 6.07) is 22.4. The van der Waals surface area contributed by atoms with Crippen LogP contribution < -0.4 is 9.47 Å². The van der Waals surface area contributed by atoms with Crippen LogP contribution in [0.1, 0.15) is 28.4 Å². The van der Waals surface area contributed by atoms with E-state index < -0.39 is 22.6 Å². The molecule has 0 spiro atoms. The molecule has 0 saturated carbocycles. The minimum Gasteiger partial charge on any atom is -0.497 e. The van der Waals surface area contributed by atoms with Gasteiger partial charge in [0.2, 0.25) is 11.8 Å². The van der Waals surface area contributed by atoms with Gasteiger partial charge in [-0.2, -0.15) is 0 Å². The summed E-state index contributed by atoms with van der Waals surface area (Å²) in [4.78, 5) is 46.1. The number of thioether (sulfide) groups is 1. The van der Waals surface area contributed by atoms with Crippen LogP contribution in [0.3, 0.4) is 0 Å². The van der Waals surface area contributed by atoms with Crippen molar-refractivity contribution in [3.63, 3.8) is 0 Å². The average molecular weight is 547 g/mol. The molecule has 3 amide bonds. The largest absolute Gasteiger partial charge is 0.497 e. The molecule has 2 aliphatic heterocycles. The summed E-state index contributed by atoms with van der Waals surface area (Å²) in [5.41, 5.74) is 1.06. The van der Waals surface area contributed by atoms with Crippen molar-refractivity contribution in [2.45, 2.75) is 22.1 Å². The second kappa shape index (κ2) is 11.5. The minimum atomic E-state index is -1.30. The SMILES string of the molecule is COc1ccc(S[C@]2(C(=O)N3CCOCC3)CC(=O)N(C(=O)c3ccccc3)[C@@H]2c2ccc(OC)cc2)cc1. The Labute approximate surface area is 231 Å². The van der Waals surface area contributed by atoms with Crippen molar-refractivity contribution in [3.05, 3.63) is 90.0 Å². The summed E-state index contributed by atoms with van der Waals surface area (Å²) < 4.78 is 14.9. The van der Waals surface area contributed by atoms with Gasteiger partial charge in [0, 0.05) is 23.5 Å². The Hall–Kier alpha value is -3.82. The molecule has 3 aromatic rings. The lowest BCUT2D eigenvalue weighted by atomic mass is 9.90. The van der Waals surface area contributed by atoms with Crippen LogP contribution in [0.5, 0.6) is 11.5 Å². The lowest BCUT2D eigenvalue weighted by Crippen LogP contribution is -2.53. The lowest BCUT2D eigenvalue weighted by molar-refractivity contribution is -0.138. The van der Waals surface area contributed by atoms with Gasteiger partial charge in [-0.15, -0.1) is 11.8 Å². The quantitative estimate of drug-likeness (QED) is 0.411. The van der Waals surface area contributed by atoms with E-state index in [1.54, 1.807) is 55.5 Å². The molecule has 0 radical (unpaired) electrons. The highest BCUT2D eigenvalue weighted by molar-refractivity contribution is 8.01. The van der Waals surface area contributed by atoms with Gasteiger partial charge in [0.15, 0.2) is 0 Å². The maximum Gasteiger partial charge on any atom is 0.261 e. The highest BCUT2D eigenvalue weighted by Crippen LogP contribution is 2.54. The summed E-state index contributed by atoms with van der Waals surface area (Å²) in [5, 5.41) is 0. The Morgan fingerprint density at radius 2 is 1.46 bits per heavy atom. The number of morpholine rings is 1. The number of carbonyl (C=O) groups excluding carboxylic acids is 3. The topological polar surface area (TPSA) is 85.4 Å². The smallest absolute Gasteiger partial charge is 0.261 e. The maximum absolute atomic E-state index is 14.5. The molecular weight excluding hydrogens is 516 g/mol. The van der Waals surface area contributed by atoms with E-state index in [-0.39, 0.29) is 12.3 Å². The Bertz CT molecular complexity index is 1330. The van der Waals surface area contributed by atoms with Crippen molar-refractivity contribution in [2.24, 2.45) is 0 Å². The van der Waals surface area contributed by atoms with Crippen molar-refractivity contribution < 1.29 is 28.6 Å². The summed E-state index contributed by atoms with van der Waals surface area (Å²) in [6.45, 7) is 1.67. The fraction of sp³-hybridized carbons (Fsp3) is 0.300. The first-order valence-corrected chi connectivity index (χ1v) is 13.5. The minimum absolute atomic E-state index is 0.130. The number of imide groups is 1. The number of hydrogen-bond acceptors (Lipinski definition) is 7.